The van der Waals surface area contributed by atoms with Gasteiger partial charge in [-0.2, -0.15) is 0 Å². The summed E-state index contributed by atoms with van der Waals surface area (Å²) in [6.07, 6.45) is 1.97. The van der Waals surface area contributed by atoms with Crippen LogP contribution in [-0.2, 0) is 16.0 Å². The molecule has 16 heavy (non-hydrogen) atoms. The van der Waals surface area contributed by atoms with E-state index in [1.54, 1.807) is 6.20 Å². The standard InChI is InChI=1S/C12H10BrNO2/c1-16-12(15)6-8-4-5-14-11-3-2-9(13)7-10(8)11/h2-5,7H,6H2,1H3. The second-order valence-corrected chi connectivity index (χ2v) is 4.30. The molecule has 0 bridgehead atoms. The Morgan fingerprint density at radius 2 is 2.25 bits per heavy atom. The number of esters is 1. The summed E-state index contributed by atoms with van der Waals surface area (Å²) in [4.78, 5) is 15.5. The molecule has 0 N–H and O–H groups in total. The molecule has 4 heteroatoms. The van der Waals surface area contributed by atoms with Crippen molar-refractivity contribution < 1.29 is 9.53 Å². The number of hydrogen-bond donors (Lipinski definition) is 0. The molecular weight excluding hydrogens is 270 g/mol. The van der Waals surface area contributed by atoms with Gasteiger partial charge in [-0.1, -0.05) is 15.9 Å². The van der Waals surface area contributed by atoms with Gasteiger partial charge in [0.2, 0.25) is 0 Å². The lowest BCUT2D eigenvalue weighted by atomic mass is 10.1. The minimum atomic E-state index is -0.243. The van der Waals surface area contributed by atoms with Crippen LogP contribution in [0, 0.1) is 0 Å². The van der Waals surface area contributed by atoms with Crippen LogP contribution in [0.4, 0.5) is 0 Å². The first-order valence-corrected chi connectivity index (χ1v) is 5.60. The first-order chi connectivity index (χ1) is 7.70. The first-order valence-electron chi connectivity index (χ1n) is 4.80. The summed E-state index contributed by atoms with van der Waals surface area (Å²) in [5.41, 5.74) is 1.81. The van der Waals surface area contributed by atoms with Crippen molar-refractivity contribution in [3.63, 3.8) is 0 Å². The van der Waals surface area contributed by atoms with Crippen molar-refractivity contribution in [2.45, 2.75) is 6.42 Å². The van der Waals surface area contributed by atoms with Gasteiger partial charge in [-0.15, -0.1) is 0 Å². The van der Waals surface area contributed by atoms with E-state index in [4.69, 9.17) is 0 Å². The largest absolute Gasteiger partial charge is 0.469 e. The van der Waals surface area contributed by atoms with Crippen LogP contribution in [0.5, 0.6) is 0 Å². The Morgan fingerprint density at radius 1 is 1.44 bits per heavy atom. The molecule has 0 amide bonds. The van der Waals surface area contributed by atoms with Gasteiger partial charge >= 0.3 is 5.97 Å². The predicted octanol–water partition coefficient (Wildman–Crippen LogP) is 2.71. The number of carbonyl (C=O) groups excluding carboxylic acids is 1. The van der Waals surface area contributed by atoms with Crippen molar-refractivity contribution in [3.05, 3.63) is 40.5 Å². The van der Waals surface area contributed by atoms with E-state index in [0.29, 0.717) is 0 Å². The average molecular weight is 280 g/mol. The molecule has 1 heterocycles. The smallest absolute Gasteiger partial charge is 0.310 e. The summed E-state index contributed by atoms with van der Waals surface area (Å²) in [7, 11) is 1.39. The van der Waals surface area contributed by atoms with Crippen LogP contribution < -0.4 is 0 Å². The number of methoxy groups -OCH3 is 1. The summed E-state index contributed by atoms with van der Waals surface area (Å²) in [6, 6.07) is 7.64. The molecule has 1 aromatic heterocycles. The minimum absolute atomic E-state index is 0.243. The Bertz CT molecular complexity index is 540. The number of aromatic nitrogens is 1. The van der Waals surface area contributed by atoms with Gasteiger partial charge in [0.1, 0.15) is 0 Å². The van der Waals surface area contributed by atoms with E-state index in [-0.39, 0.29) is 12.4 Å². The zero-order valence-electron chi connectivity index (χ0n) is 8.74. The highest BCUT2D eigenvalue weighted by Crippen LogP contribution is 2.21. The normalized spacial score (nSPS) is 10.4. The predicted molar refractivity (Wildman–Crippen MR) is 65.2 cm³/mol. The molecule has 0 saturated heterocycles. The number of halogens is 1. The first kappa shape index (κ1) is 11.1. The third kappa shape index (κ3) is 2.22. The van der Waals surface area contributed by atoms with Crippen LogP contribution in [0.15, 0.2) is 34.9 Å². The second kappa shape index (κ2) is 4.61. The van der Waals surface area contributed by atoms with Crippen LogP contribution in [0.25, 0.3) is 10.9 Å². The molecule has 82 valence electrons. The van der Waals surface area contributed by atoms with Crippen LogP contribution in [-0.4, -0.2) is 18.1 Å². The molecule has 0 unspecified atom stereocenters. The molecule has 1 aromatic carbocycles. The van der Waals surface area contributed by atoms with E-state index < -0.39 is 0 Å². The number of rotatable bonds is 2. The molecule has 3 nitrogen and oxygen atoms in total. The monoisotopic (exact) mass is 279 g/mol. The maximum Gasteiger partial charge on any atom is 0.310 e. The van der Waals surface area contributed by atoms with Crippen LogP contribution >= 0.6 is 15.9 Å². The van der Waals surface area contributed by atoms with E-state index in [9.17, 15) is 4.79 Å². The summed E-state index contributed by atoms with van der Waals surface area (Å²) in [6.45, 7) is 0. The Labute approximate surface area is 102 Å². The summed E-state index contributed by atoms with van der Waals surface area (Å²) in [5.74, 6) is -0.243. The Hall–Kier alpha value is -1.42. The number of benzene rings is 1. The van der Waals surface area contributed by atoms with Crippen molar-refractivity contribution >= 4 is 32.8 Å². The van der Waals surface area contributed by atoms with Crippen LogP contribution in [0.2, 0.25) is 0 Å². The third-order valence-corrected chi connectivity index (χ3v) is 2.85. The average Bonchev–Trinajstić information content (AvgIpc) is 2.29. The Balaban J connectivity index is 2.52. The number of fused-ring (bicyclic) bond motifs is 1. The molecule has 2 rings (SSSR count). The van der Waals surface area contributed by atoms with Crippen molar-refractivity contribution in [1.82, 2.24) is 4.98 Å². The zero-order valence-corrected chi connectivity index (χ0v) is 10.3. The lowest BCUT2D eigenvalue weighted by Gasteiger charge is -2.05. The van der Waals surface area contributed by atoms with E-state index in [0.717, 1.165) is 20.9 Å². The van der Waals surface area contributed by atoms with E-state index in [2.05, 4.69) is 25.7 Å². The molecule has 0 radical (unpaired) electrons. The highest BCUT2D eigenvalue weighted by molar-refractivity contribution is 9.10. The van der Waals surface area contributed by atoms with Gasteiger partial charge < -0.3 is 4.74 Å². The van der Waals surface area contributed by atoms with E-state index in [1.807, 2.05) is 24.3 Å². The number of carbonyl (C=O) groups is 1. The summed E-state index contributed by atoms with van der Waals surface area (Å²) >= 11 is 3.41. The molecule has 0 aliphatic heterocycles. The van der Waals surface area contributed by atoms with Gasteiger partial charge in [-0.3, -0.25) is 9.78 Å². The second-order valence-electron chi connectivity index (χ2n) is 3.38. The molecule has 2 aromatic rings. The minimum Gasteiger partial charge on any atom is -0.469 e. The Morgan fingerprint density at radius 3 is 3.00 bits per heavy atom. The fourth-order valence-corrected chi connectivity index (χ4v) is 1.92. The van der Waals surface area contributed by atoms with Gasteiger partial charge in [-0.05, 0) is 29.8 Å². The van der Waals surface area contributed by atoms with E-state index in [1.165, 1.54) is 7.11 Å². The summed E-state index contributed by atoms with van der Waals surface area (Å²) < 4.78 is 5.63. The number of pyridine rings is 1. The molecule has 0 aliphatic rings. The van der Waals surface area contributed by atoms with Crippen molar-refractivity contribution in [2.75, 3.05) is 7.11 Å². The zero-order chi connectivity index (χ0) is 11.5. The lowest BCUT2D eigenvalue weighted by Crippen LogP contribution is -2.05. The van der Waals surface area contributed by atoms with Crippen LogP contribution in [0.1, 0.15) is 5.56 Å². The van der Waals surface area contributed by atoms with Gasteiger partial charge in [0.05, 0.1) is 19.0 Å². The number of hydrogen-bond acceptors (Lipinski definition) is 3. The third-order valence-electron chi connectivity index (χ3n) is 2.36. The molecule has 0 atom stereocenters. The van der Waals surface area contributed by atoms with Crippen molar-refractivity contribution in [2.24, 2.45) is 0 Å². The topological polar surface area (TPSA) is 39.2 Å². The molecule has 0 spiro atoms. The quantitative estimate of drug-likeness (QED) is 0.794. The van der Waals surface area contributed by atoms with Crippen molar-refractivity contribution in [3.8, 4) is 0 Å². The molecule has 0 fully saturated rings. The van der Waals surface area contributed by atoms with Crippen LogP contribution in [0.3, 0.4) is 0 Å². The fourth-order valence-electron chi connectivity index (χ4n) is 1.56. The molecular formula is C12H10BrNO2. The number of nitrogens with zero attached hydrogens (tertiary/aromatic N) is 1. The van der Waals surface area contributed by atoms with E-state index >= 15 is 0 Å². The lowest BCUT2D eigenvalue weighted by molar-refractivity contribution is -0.139. The maximum absolute atomic E-state index is 11.3. The van der Waals surface area contributed by atoms with Gasteiger partial charge in [0.25, 0.3) is 0 Å². The van der Waals surface area contributed by atoms with Gasteiger partial charge in [-0.25, -0.2) is 0 Å². The number of ether oxygens (including phenoxy) is 1. The highest BCUT2D eigenvalue weighted by atomic mass is 79.9. The van der Waals surface area contributed by atoms with Gasteiger partial charge in [0, 0.05) is 16.1 Å². The fraction of sp³-hybridized carbons (Fsp3) is 0.167. The highest BCUT2D eigenvalue weighted by Gasteiger charge is 2.07. The molecule has 0 aliphatic carbocycles. The van der Waals surface area contributed by atoms with Crippen molar-refractivity contribution in [1.29, 1.82) is 0 Å². The SMILES string of the molecule is COC(=O)Cc1ccnc2ccc(Br)cc12. The summed E-state index contributed by atoms with van der Waals surface area (Å²) in [5, 5.41) is 0.974. The molecule has 0 saturated carbocycles. The van der Waals surface area contributed by atoms with Gasteiger partial charge in [0.15, 0.2) is 0 Å². The maximum atomic E-state index is 11.3. The Kier molecular flexibility index (Phi) is 3.19.